The van der Waals surface area contributed by atoms with Gasteiger partial charge in [0.05, 0.1) is 18.1 Å². The highest BCUT2D eigenvalue weighted by Crippen LogP contribution is 2.27. The van der Waals surface area contributed by atoms with Crippen LogP contribution in [-0.4, -0.2) is 22.9 Å². The molecule has 22 heavy (non-hydrogen) atoms. The van der Waals surface area contributed by atoms with Crippen LogP contribution in [0.15, 0.2) is 42.7 Å². The topological polar surface area (TPSA) is 94.4 Å². The van der Waals surface area contributed by atoms with E-state index in [0.717, 1.165) is 5.56 Å². The highest BCUT2D eigenvalue weighted by molar-refractivity contribution is 5.95. The monoisotopic (exact) mass is 301 g/mol. The molecule has 0 aliphatic carbocycles. The van der Waals surface area contributed by atoms with Gasteiger partial charge in [0, 0.05) is 24.0 Å². The Morgan fingerprint density at radius 3 is 2.59 bits per heavy atom. The van der Waals surface area contributed by atoms with Crippen molar-refractivity contribution >= 4 is 11.6 Å². The predicted molar refractivity (Wildman–Crippen MR) is 79.8 cm³/mol. The fraction of sp³-hybridized carbons (Fsp3) is 0.200. The molecule has 7 nitrogen and oxygen atoms in total. The maximum atomic E-state index is 12.2. The summed E-state index contributed by atoms with van der Waals surface area (Å²) >= 11 is 0. The summed E-state index contributed by atoms with van der Waals surface area (Å²) in [6, 6.07) is 7.44. The average Bonchev–Trinajstić information content (AvgIpc) is 2.54. The van der Waals surface area contributed by atoms with Crippen LogP contribution in [0.1, 0.15) is 28.9 Å². The van der Waals surface area contributed by atoms with Crippen molar-refractivity contribution in [1.82, 2.24) is 10.3 Å². The minimum atomic E-state index is -0.581. The van der Waals surface area contributed by atoms with E-state index in [1.807, 2.05) is 6.92 Å². The molecule has 0 bridgehead atoms. The standard InChI is InChI=1S/C15H15N3O4/c1-10(11-5-7-16-8-6-11)17-15(19)12-3-4-14(22-2)13(9-12)18(20)21/h3-10H,1-2H3,(H,17,19)/t10-/m0/s1. The van der Waals surface area contributed by atoms with E-state index >= 15 is 0 Å². The first-order chi connectivity index (χ1) is 10.5. The van der Waals surface area contributed by atoms with Gasteiger partial charge in [0.15, 0.2) is 5.75 Å². The molecule has 0 saturated heterocycles. The van der Waals surface area contributed by atoms with Crippen LogP contribution in [0, 0.1) is 10.1 Å². The van der Waals surface area contributed by atoms with Gasteiger partial charge in [-0.2, -0.15) is 0 Å². The number of ether oxygens (including phenoxy) is 1. The Morgan fingerprint density at radius 2 is 2.00 bits per heavy atom. The quantitative estimate of drug-likeness (QED) is 0.676. The van der Waals surface area contributed by atoms with Crippen LogP contribution in [0.5, 0.6) is 5.75 Å². The Hall–Kier alpha value is -2.96. The summed E-state index contributed by atoms with van der Waals surface area (Å²) in [7, 11) is 1.34. The van der Waals surface area contributed by atoms with Gasteiger partial charge in [0.2, 0.25) is 0 Å². The van der Waals surface area contributed by atoms with Crippen molar-refractivity contribution in [2.75, 3.05) is 7.11 Å². The van der Waals surface area contributed by atoms with Crippen LogP contribution in [0.2, 0.25) is 0 Å². The normalized spacial score (nSPS) is 11.5. The fourth-order valence-corrected chi connectivity index (χ4v) is 1.99. The van der Waals surface area contributed by atoms with Gasteiger partial charge in [-0.25, -0.2) is 0 Å². The molecule has 1 N–H and O–H groups in total. The highest BCUT2D eigenvalue weighted by Gasteiger charge is 2.19. The van der Waals surface area contributed by atoms with E-state index in [9.17, 15) is 14.9 Å². The number of nitrogens with zero attached hydrogens (tertiary/aromatic N) is 2. The van der Waals surface area contributed by atoms with Gasteiger partial charge in [-0.15, -0.1) is 0 Å². The summed E-state index contributed by atoms with van der Waals surface area (Å²) in [5, 5.41) is 13.8. The first kappa shape index (κ1) is 15.4. The number of amides is 1. The van der Waals surface area contributed by atoms with E-state index in [1.54, 1.807) is 24.5 Å². The van der Waals surface area contributed by atoms with Crippen molar-refractivity contribution < 1.29 is 14.5 Å². The van der Waals surface area contributed by atoms with Crippen molar-refractivity contribution in [2.45, 2.75) is 13.0 Å². The number of pyridine rings is 1. The van der Waals surface area contributed by atoms with Crippen molar-refractivity contribution in [3.63, 3.8) is 0 Å². The Kier molecular flexibility index (Phi) is 4.67. The summed E-state index contributed by atoms with van der Waals surface area (Å²) in [4.78, 5) is 26.5. The summed E-state index contributed by atoms with van der Waals surface area (Å²) < 4.78 is 4.91. The second kappa shape index (κ2) is 6.66. The molecule has 2 rings (SSSR count). The van der Waals surface area contributed by atoms with Gasteiger partial charge >= 0.3 is 5.69 Å². The number of hydrogen-bond acceptors (Lipinski definition) is 5. The summed E-state index contributed by atoms with van der Waals surface area (Å²) in [6.45, 7) is 1.82. The van der Waals surface area contributed by atoms with Crippen LogP contribution in [0.3, 0.4) is 0 Å². The Labute approximate surface area is 127 Å². The van der Waals surface area contributed by atoms with Crippen LogP contribution < -0.4 is 10.1 Å². The third-order valence-electron chi connectivity index (χ3n) is 3.19. The molecular weight excluding hydrogens is 286 g/mol. The van der Waals surface area contributed by atoms with Gasteiger partial charge in [-0.3, -0.25) is 19.9 Å². The highest BCUT2D eigenvalue weighted by atomic mass is 16.6. The molecule has 1 amide bonds. The molecule has 0 spiro atoms. The van der Waals surface area contributed by atoms with Crippen LogP contribution in [0.25, 0.3) is 0 Å². The minimum Gasteiger partial charge on any atom is -0.490 e. The molecule has 0 fully saturated rings. The lowest BCUT2D eigenvalue weighted by Gasteiger charge is -2.14. The molecule has 0 aliphatic heterocycles. The number of methoxy groups -OCH3 is 1. The third-order valence-corrected chi connectivity index (χ3v) is 3.19. The summed E-state index contributed by atoms with van der Waals surface area (Å²) in [5.41, 5.74) is 0.853. The summed E-state index contributed by atoms with van der Waals surface area (Å²) in [6.07, 6.45) is 3.27. The van der Waals surface area contributed by atoms with Crippen LogP contribution in [0.4, 0.5) is 5.69 Å². The molecule has 0 unspecified atom stereocenters. The maximum absolute atomic E-state index is 12.2. The molecule has 1 atom stereocenters. The smallest absolute Gasteiger partial charge is 0.311 e. The van der Waals surface area contributed by atoms with Gasteiger partial charge < -0.3 is 10.1 Å². The number of carbonyl (C=O) groups excluding carboxylic acids is 1. The Balaban J connectivity index is 2.19. The van der Waals surface area contributed by atoms with Crippen molar-refractivity contribution in [3.05, 3.63) is 64.0 Å². The zero-order valence-electron chi connectivity index (χ0n) is 12.1. The fourth-order valence-electron chi connectivity index (χ4n) is 1.99. The maximum Gasteiger partial charge on any atom is 0.311 e. The van der Waals surface area contributed by atoms with E-state index in [1.165, 1.54) is 25.3 Å². The molecular formula is C15H15N3O4. The zero-order valence-corrected chi connectivity index (χ0v) is 12.1. The molecule has 1 aromatic carbocycles. The van der Waals surface area contributed by atoms with Crippen LogP contribution >= 0.6 is 0 Å². The van der Waals surface area contributed by atoms with Gasteiger partial charge in [-0.05, 0) is 36.8 Å². The third kappa shape index (κ3) is 3.38. The number of hydrogen-bond donors (Lipinski definition) is 1. The SMILES string of the molecule is COc1ccc(C(=O)N[C@@H](C)c2ccncc2)cc1[N+](=O)[O-]. The lowest BCUT2D eigenvalue weighted by atomic mass is 10.1. The number of aromatic nitrogens is 1. The van der Waals surface area contributed by atoms with E-state index in [-0.39, 0.29) is 23.0 Å². The van der Waals surface area contributed by atoms with E-state index in [2.05, 4.69) is 10.3 Å². The molecule has 0 radical (unpaired) electrons. The number of carbonyl (C=O) groups is 1. The number of nitrogens with one attached hydrogen (secondary N) is 1. The van der Waals surface area contributed by atoms with Gasteiger partial charge in [-0.1, -0.05) is 0 Å². The molecule has 0 saturated carbocycles. The van der Waals surface area contributed by atoms with Crippen molar-refractivity contribution in [2.24, 2.45) is 0 Å². The Morgan fingerprint density at radius 1 is 1.32 bits per heavy atom. The minimum absolute atomic E-state index is 0.115. The predicted octanol–water partition coefficient (Wildman–Crippen LogP) is 2.49. The first-order valence-corrected chi connectivity index (χ1v) is 6.56. The first-order valence-electron chi connectivity index (χ1n) is 6.56. The molecule has 7 heteroatoms. The average molecular weight is 301 g/mol. The van der Waals surface area contributed by atoms with Gasteiger partial charge in [0.25, 0.3) is 5.91 Å². The lowest BCUT2D eigenvalue weighted by molar-refractivity contribution is -0.385. The number of nitro benzene ring substituents is 1. The van der Waals surface area contributed by atoms with Gasteiger partial charge in [0.1, 0.15) is 0 Å². The van der Waals surface area contributed by atoms with E-state index in [0.29, 0.717) is 0 Å². The van der Waals surface area contributed by atoms with E-state index < -0.39 is 10.8 Å². The lowest BCUT2D eigenvalue weighted by Crippen LogP contribution is -2.26. The van der Waals surface area contributed by atoms with Crippen molar-refractivity contribution in [1.29, 1.82) is 0 Å². The number of rotatable bonds is 5. The van der Waals surface area contributed by atoms with E-state index in [4.69, 9.17) is 4.74 Å². The Bertz CT molecular complexity index is 688. The molecule has 1 heterocycles. The zero-order chi connectivity index (χ0) is 16.1. The van der Waals surface area contributed by atoms with Crippen molar-refractivity contribution in [3.8, 4) is 5.75 Å². The number of nitro groups is 1. The molecule has 2 aromatic rings. The summed E-state index contributed by atoms with van der Waals surface area (Å²) in [5.74, 6) is -0.279. The van der Waals surface area contributed by atoms with Crippen LogP contribution in [-0.2, 0) is 0 Å². The molecule has 0 aliphatic rings. The largest absolute Gasteiger partial charge is 0.490 e. The second-order valence-corrected chi connectivity index (χ2v) is 4.62. The molecule has 114 valence electrons. The number of benzene rings is 1. The molecule has 1 aromatic heterocycles. The second-order valence-electron chi connectivity index (χ2n) is 4.62.